The third-order valence-electron chi connectivity index (χ3n) is 4.35. The fourth-order valence-corrected chi connectivity index (χ4v) is 2.97. The van der Waals surface area contributed by atoms with Gasteiger partial charge < -0.3 is 9.84 Å². The molecule has 0 aliphatic carbocycles. The highest BCUT2D eigenvalue weighted by atomic mass is 16.5. The maximum Gasteiger partial charge on any atom is 0.307 e. The molecule has 0 saturated carbocycles. The number of hydrogen-bond donors (Lipinski definition) is 1. The predicted octanol–water partition coefficient (Wildman–Crippen LogP) is 2.37. The number of likely N-dealkylation sites (tertiary alicyclic amines) is 1. The fraction of sp³-hybridized carbons (Fsp3) is 0.529. The van der Waals surface area contributed by atoms with Gasteiger partial charge in [0.1, 0.15) is 5.75 Å². The van der Waals surface area contributed by atoms with Gasteiger partial charge in [-0.25, -0.2) is 0 Å². The van der Waals surface area contributed by atoms with E-state index in [1.165, 1.54) is 0 Å². The SMILES string of the molecule is COc1ccc(C)cc1C(=O)C(C)N1CCCC(C(=O)O)C1. The molecule has 1 N–H and O–H groups in total. The molecule has 120 valence electrons. The summed E-state index contributed by atoms with van der Waals surface area (Å²) in [4.78, 5) is 25.9. The number of ether oxygens (including phenoxy) is 1. The lowest BCUT2D eigenvalue weighted by Crippen LogP contribution is -2.46. The maximum atomic E-state index is 12.8. The lowest BCUT2D eigenvalue weighted by molar-refractivity contribution is -0.143. The van der Waals surface area contributed by atoms with Gasteiger partial charge in [-0.05, 0) is 45.4 Å². The monoisotopic (exact) mass is 305 g/mol. The van der Waals surface area contributed by atoms with E-state index in [2.05, 4.69) is 0 Å². The molecule has 1 aliphatic heterocycles. The molecule has 5 nitrogen and oxygen atoms in total. The summed E-state index contributed by atoms with van der Waals surface area (Å²) in [5, 5.41) is 9.18. The number of aliphatic carboxylic acids is 1. The normalized spacial score (nSPS) is 20.4. The minimum atomic E-state index is -0.780. The smallest absolute Gasteiger partial charge is 0.307 e. The minimum absolute atomic E-state index is 0.0217. The van der Waals surface area contributed by atoms with E-state index in [0.29, 0.717) is 24.3 Å². The second-order valence-electron chi connectivity index (χ2n) is 5.92. The number of benzene rings is 1. The van der Waals surface area contributed by atoms with Crippen LogP contribution in [0.25, 0.3) is 0 Å². The van der Waals surface area contributed by atoms with Crippen LogP contribution in [0.4, 0.5) is 0 Å². The first-order valence-corrected chi connectivity index (χ1v) is 7.59. The van der Waals surface area contributed by atoms with E-state index in [0.717, 1.165) is 18.5 Å². The number of carbonyl (C=O) groups excluding carboxylic acids is 1. The summed E-state index contributed by atoms with van der Waals surface area (Å²) >= 11 is 0. The number of ketones is 1. The minimum Gasteiger partial charge on any atom is -0.496 e. The standard InChI is InChI=1S/C17H23NO4/c1-11-6-7-15(22-3)14(9-11)16(19)12(2)18-8-4-5-13(10-18)17(20)21/h6-7,9,12-13H,4-5,8,10H2,1-3H3,(H,20,21). The van der Waals surface area contributed by atoms with Crippen LogP contribution in [0.2, 0.25) is 0 Å². The summed E-state index contributed by atoms with van der Waals surface area (Å²) in [5.74, 6) is -0.623. The number of carboxylic acid groups (broad SMARTS) is 1. The first-order chi connectivity index (χ1) is 10.4. The number of piperidine rings is 1. The summed E-state index contributed by atoms with van der Waals surface area (Å²) in [7, 11) is 1.55. The van der Waals surface area contributed by atoms with Gasteiger partial charge in [0, 0.05) is 6.54 Å². The van der Waals surface area contributed by atoms with Crippen LogP contribution < -0.4 is 4.74 Å². The molecule has 22 heavy (non-hydrogen) atoms. The van der Waals surface area contributed by atoms with Crippen LogP contribution in [0.3, 0.4) is 0 Å². The van der Waals surface area contributed by atoms with Gasteiger partial charge in [0.2, 0.25) is 0 Å². The third kappa shape index (κ3) is 3.47. The molecule has 2 atom stereocenters. The molecular weight excluding hydrogens is 282 g/mol. The number of Topliss-reactive ketones (excluding diaryl/α,β-unsaturated/α-hetero) is 1. The van der Waals surface area contributed by atoms with Crippen molar-refractivity contribution in [1.82, 2.24) is 4.90 Å². The Labute approximate surface area is 130 Å². The number of aryl methyl sites for hydroxylation is 1. The van der Waals surface area contributed by atoms with Crippen molar-refractivity contribution in [3.63, 3.8) is 0 Å². The highest BCUT2D eigenvalue weighted by Crippen LogP contribution is 2.25. The fourth-order valence-electron chi connectivity index (χ4n) is 2.97. The van der Waals surface area contributed by atoms with Crippen molar-refractivity contribution in [3.8, 4) is 5.75 Å². The first kappa shape index (κ1) is 16.5. The van der Waals surface area contributed by atoms with Crippen molar-refractivity contribution in [2.24, 2.45) is 5.92 Å². The molecule has 1 aliphatic rings. The molecule has 0 aromatic heterocycles. The van der Waals surface area contributed by atoms with Crippen molar-refractivity contribution in [2.75, 3.05) is 20.2 Å². The van der Waals surface area contributed by atoms with Gasteiger partial charge in [-0.1, -0.05) is 11.6 Å². The van der Waals surface area contributed by atoms with Crippen LogP contribution in [0.15, 0.2) is 18.2 Å². The maximum absolute atomic E-state index is 12.8. The summed E-state index contributed by atoms with van der Waals surface area (Å²) in [6, 6.07) is 5.18. The van der Waals surface area contributed by atoms with Crippen molar-refractivity contribution in [1.29, 1.82) is 0 Å². The van der Waals surface area contributed by atoms with Gasteiger partial charge in [-0.15, -0.1) is 0 Å². The Kier molecular flexibility index (Phi) is 5.19. The molecule has 0 spiro atoms. The molecule has 1 saturated heterocycles. The molecule has 1 fully saturated rings. The molecule has 1 aromatic carbocycles. The molecule has 2 rings (SSSR count). The van der Waals surface area contributed by atoms with E-state index in [-0.39, 0.29) is 17.7 Å². The van der Waals surface area contributed by atoms with Gasteiger partial charge >= 0.3 is 5.97 Å². The second-order valence-corrected chi connectivity index (χ2v) is 5.92. The van der Waals surface area contributed by atoms with Crippen molar-refractivity contribution in [2.45, 2.75) is 32.7 Å². The number of rotatable bonds is 5. The Morgan fingerprint density at radius 2 is 2.14 bits per heavy atom. The van der Waals surface area contributed by atoms with E-state index < -0.39 is 5.97 Å². The number of hydrogen-bond acceptors (Lipinski definition) is 4. The zero-order chi connectivity index (χ0) is 16.3. The molecule has 0 bridgehead atoms. The zero-order valence-electron chi connectivity index (χ0n) is 13.3. The van der Waals surface area contributed by atoms with Gasteiger partial charge in [-0.2, -0.15) is 0 Å². The molecule has 5 heteroatoms. The molecule has 1 heterocycles. The number of carboxylic acids is 1. The summed E-state index contributed by atoms with van der Waals surface area (Å²) < 4.78 is 5.28. The Hall–Kier alpha value is -1.88. The van der Waals surface area contributed by atoms with E-state index in [9.17, 15) is 14.7 Å². The van der Waals surface area contributed by atoms with Crippen molar-refractivity contribution >= 4 is 11.8 Å². The average molecular weight is 305 g/mol. The molecular formula is C17H23NO4. The zero-order valence-corrected chi connectivity index (χ0v) is 13.3. The number of nitrogens with zero attached hydrogens (tertiary/aromatic N) is 1. The molecule has 2 unspecified atom stereocenters. The lowest BCUT2D eigenvalue weighted by Gasteiger charge is -2.34. The number of methoxy groups -OCH3 is 1. The topological polar surface area (TPSA) is 66.8 Å². The van der Waals surface area contributed by atoms with E-state index in [1.807, 2.05) is 30.9 Å². The predicted molar refractivity (Wildman–Crippen MR) is 83.5 cm³/mol. The van der Waals surface area contributed by atoms with E-state index in [4.69, 9.17) is 4.74 Å². The second kappa shape index (κ2) is 6.92. The Balaban J connectivity index is 2.18. The third-order valence-corrected chi connectivity index (χ3v) is 4.35. The largest absolute Gasteiger partial charge is 0.496 e. The summed E-state index contributed by atoms with van der Waals surface area (Å²) in [5.41, 5.74) is 1.56. The quantitative estimate of drug-likeness (QED) is 0.846. The highest BCUT2D eigenvalue weighted by Gasteiger charge is 2.31. The van der Waals surface area contributed by atoms with Gasteiger partial charge in [0.15, 0.2) is 5.78 Å². The van der Waals surface area contributed by atoms with E-state index >= 15 is 0 Å². The highest BCUT2D eigenvalue weighted by molar-refractivity contribution is 6.02. The average Bonchev–Trinajstić information content (AvgIpc) is 2.53. The number of carbonyl (C=O) groups is 2. The van der Waals surface area contributed by atoms with Crippen LogP contribution in [0.1, 0.15) is 35.7 Å². The van der Waals surface area contributed by atoms with Crippen LogP contribution in [0.5, 0.6) is 5.75 Å². The molecule has 1 aromatic rings. The molecule has 0 amide bonds. The van der Waals surface area contributed by atoms with E-state index in [1.54, 1.807) is 13.2 Å². The summed E-state index contributed by atoms with van der Waals surface area (Å²) in [6.45, 7) is 4.96. The van der Waals surface area contributed by atoms with Crippen LogP contribution in [-0.2, 0) is 4.79 Å². The van der Waals surface area contributed by atoms with Crippen LogP contribution >= 0.6 is 0 Å². The lowest BCUT2D eigenvalue weighted by atomic mass is 9.94. The first-order valence-electron chi connectivity index (χ1n) is 7.59. The van der Waals surface area contributed by atoms with Crippen molar-refractivity contribution in [3.05, 3.63) is 29.3 Å². The van der Waals surface area contributed by atoms with Crippen LogP contribution in [0, 0.1) is 12.8 Å². The Morgan fingerprint density at radius 1 is 1.41 bits per heavy atom. The Morgan fingerprint density at radius 3 is 2.77 bits per heavy atom. The van der Waals surface area contributed by atoms with Crippen molar-refractivity contribution < 1.29 is 19.4 Å². The van der Waals surface area contributed by atoms with Gasteiger partial charge in [0.25, 0.3) is 0 Å². The van der Waals surface area contributed by atoms with Gasteiger partial charge in [-0.3, -0.25) is 14.5 Å². The van der Waals surface area contributed by atoms with Crippen LogP contribution in [-0.4, -0.2) is 48.0 Å². The van der Waals surface area contributed by atoms with Gasteiger partial charge in [0.05, 0.1) is 24.6 Å². The molecule has 0 radical (unpaired) electrons. The summed E-state index contributed by atoms with van der Waals surface area (Å²) in [6.07, 6.45) is 1.49. The Bertz CT molecular complexity index is 570.